The average Bonchev–Trinajstić information content (AvgIpc) is 2.97. The van der Waals surface area contributed by atoms with Crippen molar-refractivity contribution in [2.45, 2.75) is 20.3 Å². The molecular formula is C35H34O3. The SMILES string of the molecule is CCCOc1c(/C=C/c2ccccc2)c(/C=C/c2ccccc2)c(/C=C/c2ccccc2)c(O)c1OCC. The summed E-state index contributed by atoms with van der Waals surface area (Å²) in [5.41, 5.74) is 5.53. The highest BCUT2D eigenvalue weighted by molar-refractivity contribution is 5.92. The second-order valence-electron chi connectivity index (χ2n) is 8.76. The lowest BCUT2D eigenvalue weighted by Crippen LogP contribution is -2.05. The lowest BCUT2D eigenvalue weighted by atomic mass is 9.94. The Hall–Kier alpha value is -4.50. The first-order valence-corrected chi connectivity index (χ1v) is 13.1. The molecule has 0 heterocycles. The van der Waals surface area contributed by atoms with Crippen molar-refractivity contribution >= 4 is 36.5 Å². The molecule has 0 aliphatic rings. The zero-order chi connectivity index (χ0) is 26.6. The van der Waals surface area contributed by atoms with Crippen LogP contribution < -0.4 is 9.47 Å². The van der Waals surface area contributed by atoms with Gasteiger partial charge in [0.25, 0.3) is 0 Å². The molecule has 0 radical (unpaired) electrons. The van der Waals surface area contributed by atoms with Crippen molar-refractivity contribution in [3.8, 4) is 17.2 Å². The predicted octanol–water partition coefficient (Wildman–Crippen LogP) is 9.09. The van der Waals surface area contributed by atoms with Crippen LogP contribution in [-0.4, -0.2) is 18.3 Å². The van der Waals surface area contributed by atoms with E-state index in [9.17, 15) is 5.11 Å². The first-order valence-electron chi connectivity index (χ1n) is 13.1. The number of aromatic hydroxyl groups is 1. The molecule has 0 fully saturated rings. The van der Waals surface area contributed by atoms with Crippen LogP contribution >= 0.6 is 0 Å². The Morgan fingerprint density at radius 2 is 0.974 bits per heavy atom. The summed E-state index contributed by atoms with van der Waals surface area (Å²) in [6.07, 6.45) is 13.0. The zero-order valence-corrected chi connectivity index (χ0v) is 22.0. The maximum absolute atomic E-state index is 11.6. The monoisotopic (exact) mass is 502 g/mol. The van der Waals surface area contributed by atoms with Gasteiger partial charge in [-0.25, -0.2) is 0 Å². The number of phenols is 1. The number of hydrogen-bond donors (Lipinski definition) is 1. The van der Waals surface area contributed by atoms with Crippen LogP contribution in [0.15, 0.2) is 91.0 Å². The summed E-state index contributed by atoms with van der Waals surface area (Å²) in [7, 11) is 0. The molecule has 1 N–H and O–H groups in total. The van der Waals surface area contributed by atoms with Crippen LogP contribution in [0.2, 0.25) is 0 Å². The molecule has 0 atom stereocenters. The molecule has 0 bridgehead atoms. The molecule has 0 unspecified atom stereocenters. The van der Waals surface area contributed by atoms with Crippen molar-refractivity contribution < 1.29 is 14.6 Å². The Labute approximate surface area is 226 Å². The molecule has 38 heavy (non-hydrogen) atoms. The Morgan fingerprint density at radius 3 is 1.42 bits per heavy atom. The van der Waals surface area contributed by atoms with E-state index in [1.54, 1.807) is 0 Å². The van der Waals surface area contributed by atoms with E-state index in [0.717, 1.165) is 34.2 Å². The lowest BCUT2D eigenvalue weighted by molar-refractivity contribution is 0.266. The van der Waals surface area contributed by atoms with Crippen LogP contribution in [0, 0.1) is 0 Å². The van der Waals surface area contributed by atoms with E-state index < -0.39 is 0 Å². The van der Waals surface area contributed by atoms with E-state index in [1.807, 2.05) is 98.0 Å². The van der Waals surface area contributed by atoms with Gasteiger partial charge in [-0.1, -0.05) is 122 Å². The molecule has 0 aliphatic heterocycles. The molecular weight excluding hydrogens is 468 g/mol. The van der Waals surface area contributed by atoms with Crippen molar-refractivity contribution in [2.75, 3.05) is 13.2 Å². The molecule has 4 aromatic carbocycles. The molecule has 0 saturated carbocycles. The molecule has 192 valence electrons. The summed E-state index contributed by atoms with van der Waals surface area (Å²) in [6, 6.07) is 30.3. The third kappa shape index (κ3) is 6.83. The fourth-order valence-electron chi connectivity index (χ4n) is 4.12. The molecule has 0 spiro atoms. The maximum atomic E-state index is 11.6. The highest BCUT2D eigenvalue weighted by Gasteiger charge is 2.23. The standard InChI is InChI=1S/C35H34O3/c1-3-26-38-34-32(25-22-29-18-12-7-13-19-29)30(23-20-27-14-8-5-9-15-27)31(33(36)35(34)37-4-2)24-21-28-16-10-6-11-17-28/h5-25,36H,3-4,26H2,1-2H3/b23-20+,24-21+,25-22+. The summed E-state index contributed by atoms with van der Waals surface area (Å²) in [5, 5.41) is 11.6. The highest BCUT2D eigenvalue weighted by Crippen LogP contribution is 2.47. The van der Waals surface area contributed by atoms with Gasteiger partial charge in [0.2, 0.25) is 5.75 Å². The van der Waals surface area contributed by atoms with Gasteiger partial charge in [-0.05, 0) is 47.8 Å². The van der Waals surface area contributed by atoms with Gasteiger partial charge in [0.15, 0.2) is 11.5 Å². The fraction of sp³-hybridized carbons (Fsp3) is 0.143. The number of hydrogen-bond acceptors (Lipinski definition) is 3. The van der Waals surface area contributed by atoms with Crippen LogP contribution in [0.3, 0.4) is 0 Å². The quantitative estimate of drug-likeness (QED) is 0.208. The van der Waals surface area contributed by atoms with Crippen molar-refractivity contribution in [3.05, 3.63) is 124 Å². The molecule has 3 heteroatoms. The van der Waals surface area contributed by atoms with Crippen molar-refractivity contribution in [3.63, 3.8) is 0 Å². The Balaban J connectivity index is 1.97. The molecule has 0 amide bonds. The number of rotatable bonds is 11. The van der Waals surface area contributed by atoms with Crippen LogP contribution in [0.25, 0.3) is 36.5 Å². The molecule has 4 aromatic rings. The van der Waals surface area contributed by atoms with Crippen LogP contribution in [0.1, 0.15) is 53.6 Å². The topological polar surface area (TPSA) is 38.7 Å². The minimum absolute atomic E-state index is 0.0645. The summed E-state index contributed by atoms with van der Waals surface area (Å²) < 4.78 is 12.3. The van der Waals surface area contributed by atoms with Crippen molar-refractivity contribution in [1.82, 2.24) is 0 Å². The van der Waals surface area contributed by atoms with Gasteiger partial charge in [-0.3, -0.25) is 0 Å². The Bertz CT molecular complexity index is 1390. The molecule has 0 aliphatic carbocycles. The van der Waals surface area contributed by atoms with Crippen LogP contribution in [0.5, 0.6) is 17.2 Å². The molecule has 0 saturated heterocycles. The first-order chi connectivity index (χ1) is 18.7. The van der Waals surface area contributed by atoms with E-state index in [1.165, 1.54) is 0 Å². The van der Waals surface area contributed by atoms with Crippen LogP contribution in [-0.2, 0) is 0 Å². The largest absolute Gasteiger partial charge is 0.504 e. The Morgan fingerprint density at radius 1 is 0.526 bits per heavy atom. The number of ether oxygens (including phenoxy) is 2. The van der Waals surface area contributed by atoms with E-state index in [0.29, 0.717) is 30.3 Å². The molecule has 3 nitrogen and oxygen atoms in total. The van der Waals surface area contributed by atoms with Gasteiger partial charge in [0.1, 0.15) is 0 Å². The summed E-state index contributed by atoms with van der Waals surface area (Å²) >= 11 is 0. The van der Waals surface area contributed by atoms with Gasteiger partial charge in [-0.15, -0.1) is 0 Å². The third-order valence-corrected chi connectivity index (χ3v) is 5.97. The molecule has 4 rings (SSSR count). The molecule has 0 aromatic heterocycles. The van der Waals surface area contributed by atoms with E-state index in [4.69, 9.17) is 9.47 Å². The Kier molecular flexibility index (Phi) is 9.58. The third-order valence-electron chi connectivity index (χ3n) is 5.97. The second-order valence-corrected chi connectivity index (χ2v) is 8.76. The minimum atomic E-state index is 0.0645. The smallest absolute Gasteiger partial charge is 0.204 e. The average molecular weight is 503 g/mol. The van der Waals surface area contributed by atoms with E-state index >= 15 is 0 Å². The van der Waals surface area contributed by atoms with Gasteiger partial charge in [-0.2, -0.15) is 0 Å². The number of phenolic OH excluding ortho intramolecular Hbond substituents is 1. The van der Waals surface area contributed by atoms with Crippen molar-refractivity contribution in [2.24, 2.45) is 0 Å². The van der Waals surface area contributed by atoms with Crippen LogP contribution in [0.4, 0.5) is 0 Å². The summed E-state index contributed by atoms with van der Waals surface area (Å²) in [4.78, 5) is 0. The lowest BCUT2D eigenvalue weighted by Gasteiger charge is -2.20. The van der Waals surface area contributed by atoms with Gasteiger partial charge in [0, 0.05) is 11.1 Å². The summed E-state index contributed by atoms with van der Waals surface area (Å²) in [6.45, 7) is 4.88. The van der Waals surface area contributed by atoms with Gasteiger partial charge in [0.05, 0.1) is 13.2 Å². The maximum Gasteiger partial charge on any atom is 0.204 e. The number of benzene rings is 4. The summed E-state index contributed by atoms with van der Waals surface area (Å²) in [5.74, 6) is 0.968. The van der Waals surface area contributed by atoms with Gasteiger partial charge < -0.3 is 14.6 Å². The zero-order valence-electron chi connectivity index (χ0n) is 22.0. The van der Waals surface area contributed by atoms with E-state index in [2.05, 4.69) is 43.3 Å². The second kappa shape index (κ2) is 13.7. The van der Waals surface area contributed by atoms with Gasteiger partial charge >= 0.3 is 0 Å². The fourth-order valence-corrected chi connectivity index (χ4v) is 4.12. The van der Waals surface area contributed by atoms with E-state index in [-0.39, 0.29) is 5.75 Å². The minimum Gasteiger partial charge on any atom is -0.504 e. The predicted molar refractivity (Wildman–Crippen MR) is 161 cm³/mol. The van der Waals surface area contributed by atoms with Crippen molar-refractivity contribution in [1.29, 1.82) is 0 Å². The normalized spacial score (nSPS) is 11.5. The highest BCUT2D eigenvalue weighted by atomic mass is 16.5. The first kappa shape index (κ1) is 26.6.